The minimum atomic E-state index is -0.0105. The third kappa shape index (κ3) is 2.67. The average Bonchev–Trinajstić information content (AvgIpc) is 2.15. The summed E-state index contributed by atoms with van der Waals surface area (Å²) in [5, 5.41) is 3.23. The molecule has 1 unspecified atom stereocenters. The van der Waals surface area contributed by atoms with E-state index < -0.39 is 0 Å². The van der Waals surface area contributed by atoms with E-state index in [9.17, 15) is 4.79 Å². The first-order valence-electron chi connectivity index (χ1n) is 4.82. The van der Waals surface area contributed by atoms with Crippen LogP contribution in [0.25, 0.3) is 0 Å². The molecule has 13 heavy (non-hydrogen) atoms. The lowest BCUT2D eigenvalue weighted by Crippen LogP contribution is -2.56. The molecule has 1 rings (SSSR count). The van der Waals surface area contributed by atoms with E-state index in [-0.39, 0.29) is 11.9 Å². The van der Waals surface area contributed by atoms with Gasteiger partial charge in [-0.3, -0.25) is 4.79 Å². The fraction of sp³-hybridized carbons (Fsp3) is 0.889. The van der Waals surface area contributed by atoms with Gasteiger partial charge < -0.3 is 15.1 Å². The lowest BCUT2D eigenvalue weighted by molar-refractivity contribution is -0.132. The Morgan fingerprint density at radius 1 is 1.69 bits per heavy atom. The Labute approximate surface area is 79.9 Å². The molecule has 0 aliphatic carbocycles. The van der Waals surface area contributed by atoms with Crippen molar-refractivity contribution in [2.75, 3.05) is 40.3 Å². The molecule has 4 heteroatoms. The zero-order valence-electron chi connectivity index (χ0n) is 8.71. The third-order valence-corrected chi connectivity index (χ3v) is 2.53. The van der Waals surface area contributed by atoms with Crippen molar-refractivity contribution in [2.45, 2.75) is 13.0 Å². The van der Waals surface area contributed by atoms with Crippen LogP contribution >= 0.6 is 0 Å². The lowest BCUT2D eigenvalue weighted by Gasteiger charge is -2.32. The molecular formula is C9H19N3O. The van der Waals surface area contributed by atoms with Crippen LogP contribution in [0.1, 0.15) is 6.92 Å². The maximum Gasteiger partial charge on any atom is 0.240 e. The molecule has 1 heterocycles. The summed E-state index contributed by atoms with van der Waals surface area (Å²) in [5.74, 6) is 0.203. The highest BCUT2D eigenvalue weighted by molar-refractivity contribution is 5.82. The van der Waals surface area contributed by atoms with Crippen LogP contribution in [-0.4, -0.2) is 62.0 Å². The van der Waals surface area contributed by atoms with Crippen LogP contribution in [-0.2, 0) is 4.79 Å². The van der Waals surface area contributed by atoms with Crippen LogP contribution in [0, 0.1) is 0 Å². The number of likely N-dealkylation sites (N-methyl/N-ethyl adjacent to an activating group) is 2. The number of rotatable bonds is 2. The number of amides is 1. The van der Waals surface area contributed by atoms with Gasteiger partial charge in [-0.05, 0) is 14.0 Å². The second kappa shape index (κ2) is 4.58. The van der Waals surface area contributed by atoms with Gasteiger partial charge in [0.25, 0.3) is 0 Å². The first-order valence-corrected chi connectivity index (χ1v) is 4.82. The molecule has 1 aliphatic rings. The van der Waals surface area contributed by atoms with E-state index in [1.807, 2.05) is 21.0 Å². The summed E-state index contributed by atoms with van der Waals surface area (Å²) in [6.07, 6.45) is 0. The Morgan fingerprint density at radius 2 is 2.38 bits per heavy atom. The molecule has 1 fully saturated rings. The standard InChI is InChI=1S/C9H19N3O/c1-4-12(3)9(13)8-7-11(2)6-5-10-8/h8,10H,4-7H2,1-3H3. The zero-order chi connectivity index (χ0) is 9.84. The number of hydrogen-bond donors (Lipinski definition) is 1. The molecule has 76 valence electrons. The Morgan fingerprint density at radius 3 is 2.92 bits per heavy atom. The third-order valence-electron chi connectivity index (χ3n) is 2.53. The molecule has 1 aliphatic heterocycles. The van der Waals surface area contributed by atoms with Gasteiger partial charge in [-0.1, -0.05) is 0 Å². The molecule has 0 radical (unpaired) electrons. The van der Waals surface area contributed by atoms with Crippen LogP contribution in [0.3, 0.4) is 0 Å². The molecule has 1 saturated heterocycles. The van der Waals surface area contributed by atoms with Gasteiger partial charge in [0, 0.05) is 33.2 Å². The van der Waals surface area contributed by atoms with Crippen molar-refractivity contribution in [1.82, 2.24) is 15.1 Å². The second-order valence-electron chi connectivity index (χ2n) is 3.62. The molecule has 0 spiro atoms. The van der Waals surface area contributed by atoms with Crippen molar-refractivity contribution in [3.8, 4) is 0 Å². The first kappa shape index (κ1) is 10.5. The van der Waals surface area contributed by atoms with E-state index in [1.54, 1.807) is 4.90 Å². The van der Waals surface area contributed by atoms with Crippen LogP contribution in [0.4, 0.5) is 0 Å². The van der Waals surface area contributed by atoms with E-state index in [0.29, 0.717) is 0 Å². The topological polar surface area (TPSA) is 35.6 Å². The molecule has 1 N–H and O–H groups in total. The highest BCUT2D eigenvalue weighted by Gasteiger charge is 2.24. The Bertz CT molecular complexity index is 184. The fourth-order valence-electron chi connectivity index (χ4n) is 1.48. The minimum Gasteiger partial charge on any atom is -0.345 e. The first-order chi connectivity index (χ1) is 6.15. The Balaban J connectivity index is 2.46. The van der Waals surface area contributed by atoms with Crippen LogP contribution in [0.15, 0.2) is 0 Å². The largest absolute Gasteiger partial charge is 0.345 e. The van der Waals surface area contributed by atoms with Crippen molar-refractivity contribution in [1.29, 1.82) is 0 Å². The van der Waals surface area contributed by atoms with E-state index >= 15 is 0 Å². The summed E-state index contributed by atoms with van der Waals surface area (Å²) in [6, 6.07) is -0.0105. The maximum absolute atomic E-state index is 11.7. The number of carbonyl (C=O) groups is 1. The van der Waals surface area contributed by atoms with Gasteiger partial charge >= 0.3 is 0 Å². The summed E-state index contributed by atoms with van der Waals surface area (Å²) in [4.78, 5) is 15.7. The number of carbonyl (C=O) groups excluding carboxylic acids is 1. The number of nitrogens with zero attached hydrogens (tertiary/aromatic N) is 2. The summed E-state index contributed by atoms with van der Waals surface area (Å²) >= 11 is 0. The average molecular weight is 185 g/mol. The molecule has 0 aromatic heterocycles. The van der Waals surface area contributed by atoms with E-state index in [1.165, 1.54) is 0 Å². The van der Waals surface area contributed by atoms with Crippen molar-refractivity contribution < 1.29 is 4.79 Å². The summed E-state index contributed by atoms with van der Waals surface area (Å²) in [5.41, 5.74) is 0. The molecule has 4 nitrogen and oxygen atoms in total. The Kier molecular flexibility index (Phi) is 3.69. The minimum absolute atomic E-state index is 0.0105. The predicted molar refractivity (Wildman–Crippen MR) is 52.6 cm³/mol. The van der Waals surface area contributed by atoms with Gasteiger partial charge in [0.2, 0.25) is 5.91 Å². The van der Waals surface area contributed by atoms with E-state index in [0.717, 1.165) is 26.2 Å². The van der Waals surface area contributed by atoms with Gasteiger partial charge in [0.15, 0.2) is 0 Å². The van der Waals surface area contributed by atoms with Gasteiger partial charge in [-0.15, -0.1) is 0 Å². The molecule has 1 atom stereocenters. The quantitative estimate of drug-likeness (QED) is 0.622. The summed E-state index contributed by atoms with van der Waals surface area (Å²) in [7, 11) is 3.89. The van der Waals surface area contributed by atoms with E-state index in [4.69, 9.17) is 0 Å². The van der Waals surface area contributed by atoms with Crippen molar-refractivity contribution in [3.05, 3.63) is 0 Å². The lowest BCUT2D eigenvalue weighted by atomic mass is 10.2. The predicted octanol–water partition coefficient (Wildman–Crippen LogP) is -0.632. The molecule has 0 aromatic rings. The zero-order valence-corrected chi connectivity index (χ0v) is 8.71. The van der Waals surface area contributed by atoms with Gasteiger partial charge in [0.05, 0.1) is 6.04 Å². The van der Waals surface area contributed by atoms with Gasteiger partial charge in [0.1, 0.15) is 0 Å². The van der Waals surface area contributed by atoms with Crippen LogP contribution in [0.5, 0.6) is 0 Å². The molecule has 0 saturated carbocycles. The van der Waals surface area contributed by atoms with E-state index in [2.05, 4.69) is 10.2 Å². The highest BCUT2D eigenvalue weighted by Crippen LogP contribution is 1.99. The van der Waals surface area contributed by atoms with Crippen molar-refractivity contribution >= 4 is 5.91 Å². The molecule has 1 amide bonds. The Hall–Kier alpha value is -0.610. The summed E-state index contributed by atoms with van der Waals surface area (Å²) in [6.45, 7) is 5.53. The van der Waals surface area contributed by atoms with Crippen molar-refractivity contribution in [2.24, 2.45) is 0 Å². The molecule has 0 bridgehead atoms. The second-order valence-corrected chi connectivity index (χ2v) is 3.62. The smallest absolute Gasteiger partial charge is 0.240 e. The van der Waals surface area contributed by atoms with Gasteiger partial charge in [-0.2, -0.15) is 0 Å². The number of piperazine rings is 1. The van der Waals surface area contributed by atoms with Crippen molar-refractivity contribution in [3.63, 3.8) is 0 Å². The number of nitrogens with one attached hydrogen (secondary N) is 1. The maximum atomic E-state index is 11.7. The SMILES string of the molecule is CCN(C)C(=O)C1CN(C)CCN1. The normalized spacial score (nSPS) is 24.4. The fourth-order valence-corrected chi connectivity index (χ4v) is 1.48. The molecular weight excluding hydrogens is 166 g/mol. The van der Waals surface area contributed by atoms with Crippen LogP contribution in [0.2, 0.25) is 0 Å². The highest BCUT2D eigenvalue weighted by atomic mass is 16.2. The van der Waals surface area contributed by atoms with Crippen LogP contribution < -0.4 is 5.32 Å². The molecule has 0 aromatic carbocycles. The van der Waals surface area contributed by atoms with Gasteiger partial charge in [-0.25, -0.2) is 0 Å². The summed E-state index contributed by atoms with van der Waals surface area (Å²) < 4.78 is 0. The number of hydrogen-bond acceptors (Lipinski definition) is 3. The monoisotopic (exact) mass is 185 g/mol.